The minimum Gasteiger partial charge on any atom is -0.460 e. The van der Waals surface area contributed by atoms with Gasteiger partial charge in [0.1, 0.15) is 5.60 Å². The largest absolute Gasteiger partial charge is 0.460 e. The summed E-state index contributed by atoms with van der Waals surface area (Å²) in [5.41, 5.74) is -0.381. The number of hydrogen-bond acceptors (Lipinski definition) is 4. The third-order valence-electron chi connectivity index (χ3n) is 2.67. The van der Waals surface area contributed by atoms with Crippen molar-refractivity contribution in [2.45, 2.75) is 51.7 Å². The quantitative estimate of drug-likeness (QED) is 0.639. The van der Waals surface area contributed by atoms with E-state index in [1.54, 1.807) is 7.11 Å². The summed E-state index contributed by atoms with van der Waals surface area (Å²) >= 11 is 0. The highest BCUT2D eigenvalue weighted by Crippen LogP contribution is 2.26. The molecule has 0 atom stereocenters. The standard InChI is InChI=1S/C13H25NO3/c1-13(2,3)17-12(15)7-8-14(9-10-16-4)11-5-6-11/h11H,5-10H2,1-4H3. The Labute approximate surface area is 104 Å². The summed E-state index contributed by atoms with van der Waals surface area (Å²) in [6.07, 6.45) is 2.97. The van der Waals surface area contributed by atoms with E-state index < -0.39 is 0 Å². The molecule has 0 aliphatic heterocycles. The molecule has 17 heavy (non-hydrogen) atoms. The number of nitrogens with zero attached hydrogens (tertiary/aromatic N) is 1. The van der Waals surface area contributed by atoms with Gasteiger partial charge in [-0.05, 0) is 33.6 Å². The SMILES string of the molecule is COCCN(CCC(=O)OC(C)(C)C)C1CC1. The van der Waals surface area contributed by atoms with Crippen molar-refractivity contribution in [3.05, 3.63) is 0 Å². The number of methoxy groups -OCH3 is 1. The molecule has 0 unspecified atom stereocenters. The molecule has 4 nitrogen and oxygen atoms in total. The molecule has 0 heterocycles. The first-order valence-corrected chi connectivity index (χ1v) is 6.37. The summed E-state index contributed by atoms with van der Waals surface area (Å²) in [6, 6.07) is 0.660. The molecular weight excluding hydrogens is 218 g/mol. The van der Waals surface area contributed by atoms with Crippen LogP contribution in [0.2, 0.25) is 0 Å². The van der Waals surface area contributed by atoms with Crippen LogP contribution >= 0.6 is 0 Å². The molecule has 0 N–H and O–H groups in total. The van der Waals surface area contributed by atoms with Crippen LogP contribution in [0.3, 0.4) is 0 Å². The number of rotatable bonds is 7. The van der Waals surface area contributed by atoms with Crippen LogP contribution in [0.5, 0.6) is 0 Å². The van der Waals surface area contributed by atoms with Gasteiger partial charge in [0.25, 0.3) is 0 Å². The van der Waals surface area contributed by atoms with E-state index in [1.807, 2.05) is 20.8 Å². The Balaban J connectivity index is 2.23. The zero-order valence-corrected chi connectivity index (χ0v) is 11.5. The Bertz CT molecular complexity index is 244. The molecule has 1 rings (SSSR count). The lowest BCUT2D eigenvalue weighted by atomic mass is 10.2. The smallest absolute Gasteiger partial charge is 0.307 e. The predicted octanol–water partition coefficient (Wildman–Crippen LogP) is 1.83. The van der Waals surface area contributed by atoms with Gasteiger partial charge in [0.15, 0.2) is 0 Å². The second kappa shape index (κ2) is 6.36. The molecule has 0 aromatic heterocycles. The predicted molar refractivity (Wildman–Crippen MR) is 66.9 cm³/mol. The van der Waals surface area contributed by atoms with Crippen molar-refractivity contribution in [1.82, 2.24) is 4.90 Å². The molecule has 1 aliphatic carbocycles. The Morgan fingerprint density at radius 3 is 2.41 bits per heavy atom. The molecule has 100 valence electrons. The van der Waals surface area contributed by atoms with Gasteiger partial charge in [-0.2, -0.15) is 0 Å². The van der Waals surface area contributed by atoms with Crippen molar-refractivity contribution < 1.29 is 14.3 Å². The van der Waals surface area contributed by atoms with Gasteiger partial charge in [-0.3, -0.25) is 9.69 Å². The van der Waals surface area contributed by atoms with Crippen LogP contribution in [0.1, 0.15) is 40.0 Å². The average molecular weight is 243 g/mol. The summed E-state index contributed by atoms with van der Waals surface area (Å²) in [4.78, 5) is 13.9. The normalized spacial score (nSPS) is 16.3. The third kappa shape index (κ3) is 6.64. The summed E-state index contributed by atoms with van der Waals surface area (Å²) in [7, 11) is 1.71. The van der Waals surface area contributed by atoms with Crippen molar-refractivity contribution in [2.75, 3.05) is 26.8 Å². The van der Waals surface area contributed by atoms with Gasteiger partial charge in [0.2, 0.25) is 0 Å². The lowest BCUT2D eigenvalue weighted by molar-refractivity contribution is -0.155. The molecule has 1 fully saturated rings. The maximum Gasteiger partial charge on any atom is 0.307 e. The molecule has 0 aromatic carbocycles. The van der Waals surface area contributed by atoms with E-state index in [1.165, 1.54) is 12.8 Å². The first kappa shape index (κ1) is 14.5. The van der Waals surface area contributed by atoms with E-state index in [0.717, 1.165) is 19.7 Å². The minimum atomic E-state index is -0.381. The number of carbonyl (C=O) groups is 1. The first-order valence-electron chi connectivity index (χ1n) is 6.37. The molecule has 0 aromatic rings. The van der Waals surface area contributed by atoms with Crippen molar-refractivity contribution in [3.8, 4) is 0 Å². The van der Waals surface area contributed by atoms with Crippen molar-refractivity contribution >= 4 is 5.97 Å². The Hall–Kier alpha value is -0.610. The van der Waals surface area contributed by atoms with Gasteiger partial charge in [0, 0.05) is 26.2 Å². The van der Waals surface area contributed by atoms with Crippen LogP contribution in [0.15, 0.2) is 0 Å². The van der Waals surface area contributed by atoms with Gasteiger partial charge in [-0.15, -0.1) is 0 Å². The van der Waals surface area contributed by atoms with Gasteiger partial charge in [-0.1, -0.05) is 0 Å². The molecule has 0 radical (unpaired) electrons. The molecule has 0 amide bonds. The summed E-state index contributed by atoms with van der Waals surface area (Å²) in [6.45, 7) is 8.11. The van der Waals surface area contributed by atoms with E-state index in [9.17, 15) is 4.79 Å². The fourth-order valence-electron chi connectivity index (χ4n) is 1.75. The maximum atomic E-state index is 11.6. The van der Waals surface area contributed by atoms with E-state index in [-0.39, 0.29) is 11.6 Å². The molecule has 0 spiro atoms. The highest BCUT2D eigenvalue weighted by molar-refractivity contribution is 5.70. The number of carbonyl (C=O) groups excluding carboxylic acids is 1. The Morgan fingerprint density at radius 2 is 1.94 bits per heavy atom. The molecule has 4 heteroatoms. The van der Waals surface area contributed by atoms with E-state index in [4.69, 9.17) is 9.47 Å². The lowest BCUT2D eigenvalue weighted by Crippen LogP contribution is -2.33. The van der Waals surface area contributed by atoms with Crippen LogP contribution in [0.4, 0.5) is 0 Å². The van der Waals surface area contributed by atoms with Crippen LogP contribution in [-0.4, -0.2) is 49.3 Å². The topological polar surface area (TPSA) is 38.8 Å². The van der Waals surface area contributed by atoms with Crippen molar-refractivity contribution in [2.24, 2.45) is 0 Å². The van der Waals surface area contributed by atoms with E-state index in [2.05, 4.69) is 4.90 Å². The van der Waals surface area contributed by atoms with Gasteiger partial charge < -0.3 is 9.47 Å². The average Bonchev–Trinajstić information content (AvgIpc) is 2.99. The Morgan fingerprint density at radius 1 is 1.29 bits per heavy atom. The van der Waals surface area contributed by atoms with Gasteiger partial charge in [0.05, 0.1) is 13.0 Å². The van der Waals surface area contributed by atoms with Gasteiger partial charge in [-0.25, -0.2) is 0 Å². The molecule has 0 bridgehead atoms. The lowest BCUT2D eigenvalue weighted by Gasteiger charge is -2.23. The summed E-state index contributed by atoms with van der Waals surface area (Å²) in [5, 5.41) is 0. The van der Waals surface area contributed by atoms with Gasteiger partial charge >= 0.3 is 5.97 Å². The zero-order chi connectivity index (χ0) is 12.9. The molecule has 0 saturated heterocycles. The summed E-state index contributed by atoms with van der Waals surface area (Å²) < 4.78 is 10.4. The fraction of sp³-hybridized carbons (Fsp3) is 0.923. The second-order valence-corrected chi connectivity index (χ2v) is 5.60. The number of hydrogen-bond donors (Lipinski definition) is 0. The van der Waals surface area contributed by atoms with Crippen LogP contribution in [0.25, 0.3) is 0 Å². The highest BCUT2D eigenvalue weighted by atomic mass is 16.6. The van der Waals surface area contributed by atoms with Crippen molar-refractivity contribution in [1.29, 1.82) is 0 Å². The maximum absolute atomic E-state index is 11.6. The van der Waals surface area contributed by atoms with E-state index in [0.29, 0.717) is 12.5 Å². The zero-order valence-electron chi connectivity index (χ0n) is 11.5. The third-order valence-corrected chi connectivity index (χ3v) is 2.67. The second-order valence-electron chi connectivity index (χ2n) is 5.60. The molecular formula is C13H25NO3. The number of ether oxygens (including phenoxy) is 2. The monoisotopic (exact) mass is 243 g/mol. The summed E-state index contributed by atoms with van der Waals surface area (Å²) in [5.74, 6) is -0.111. The van der Waals surface area contributed by atoms with Crippen molar-refractivity contribution in [3.63, 3.8) is 0 Å². The van der Waals surface area contributed by atoms with E-state index >= 15 is 0 Å². The molecule has 1 saturated carbocycles. The highest BCUT2D eigenvalue weighted by Gasteiger charge is 2.29. The first-order chi connectivity index (χ1) is 7.92. The number of esters is 1. The Kier molecular flexibility index (Phi) is 5.40. The van der Waals surface area contributed by atoms with Crippen LogP contribution < -0.4 is 0 Å². The minimum absolute atomic E-state index is 0.111. The van der Waals surface area contributed by atoms with Crippen LogP contribution in [0, 0.1) is 0 Å². The fourth-order valence-corrected chi connectivity index (χ4v) is 1.75. The van der Waals surface area contributed by atoms with Crippen LogP contribution in [-0.2, 0) is 14.3 Å². The molecule has 1 aliphatic rings.